The molecule has 1 heterocycles. The topological polar surface area (TPSA) is 38.7 Å². The Kier molecular flexibility index (Phi) is 5.88. The van der Waals surface area contributed by atoms with Crippen LogP contribution in [0.2, 0.25) is 0 Å². The van der Waals surface area contributed by atoms with Gasteiger partial charge in [0.15, 0.2) is 17.5 Å². The Labute approximate surface area is 295 Å². The molecule has 0 bridgehead atoms. The highest BCUT2D eigenvalue weighted by atomic mass is 15.0. The second-order valence-corrected chi connectivity index (χ2v) is 13.5. The summed E-state index contributed by atoms with van der Waals surface area (Å²) in [6, 6.07) is 63.1. The third-order valence-corrected chi connectivity index (χ3v) is 10.9. The van der Waals surface area contributed by atoms with Crippen molar-refractivity contribution in [2.45, 2.75) is 5.41 Å². The fourth-order valence-electron chi connectivity index (χ4n) is 8.82. The van der Waals surface area contributed by atoms with Crippen LogP contribution < -0.4 is 0 Å². The van der Waals surface area contributed by atoms with Crippen LogP contribution in [0.4, 0.5) is 0 Å². The van der Waals surface area contributed by atoms with Gasteiger partial charge in [0.2, 0.25) is 0 Å². The summed E-state index contributed by atoms with van der Waals surface area (Å²) < 4.78 is 0. The number of fused-ring (bicyclic) bond motifs is 7. The SMILES string of the molecule is c1ccc(-c2nc(-c3ccccc3)nc(-c3ccccc3-c3ccc4c(c3)-c3ccccc3C43c4cccc5ccc6cccc3c6c45)n2)cc1. The second-order valence-electron chi connectivity index (χ2n) is 13.5. The third-order valence-electron chi connectivity index (χ3n) is 10.9. The highest BCUT2D eigenvalue weighted by Gasteiger charge is 2.50. The third kappa shape index (κ3) is 3.92. The molecule has 0 N–H and O–H groups in total. The van der Waals surface area contributed by atoms with Gasteiger partial charge < -0.3 is 0 Å². The Morgan fingerprint density at radius 3 is 1.41 bits per heavy atom. The molecule has 0 atom stereocenters. The molecule has 51 heavy (non-hydrogen) atoms. The number of nitrogens with zero attached hydrogens (tertiary/aromatic N) is 3. The summed E-state index contributed by atoms with van der Waals surface area (Å²) in [4.78, 5) is 15.1. The molecule has 11 rings (SSSR count). The molecule has 3 nitrogen and oxygen atoms in total. The van der Waals surface area contributed by atoms with E-state index in [0.717, 1.165) is 27.8 Å². The summed E-state index contributed by atoms with van der Waals surface area (Å²) >= 11 is 0. The van der Waals surface area contributed by atoms with Crippen LogP contribution in [-0.4, -0.2) is 15.0 Å². The number of aromatic nitrogens is 3. The first kappa shape index (κ1) is 28.2. The van der Waals surface area contributed by atoms with Crippen LogP contribution in [0.3, 0.4) is 0 Å². The highest BCUT2D eigenvalue weighted by Crippen LogP contribution is 2.62. The molecule has 236 valence electrons. The molecule has 8 aromatic carbocycles. The fourth-order valence-corrected chi connectivity index (χ4v) is 8.82. The number of hydrogen-bond acceptors (Lipinski definition) is 3. The van der Waals surface area contributed by atoms with E-state index in [0.29, 0.717) is 17.5 Å². The first-order valence-electron chi connectivity index (χ1n) is 17.5. The smallest absolute Gasteiger partial charge is 0.164 e. The van der Waals surface area contributed by atoms with Crippen molar-refractivity contribution in [2.24, 2.45) is 0 Å². The Balaban J connectivity index is 1.13. The molecule has 0 amide bonds. The van der Waals surface area contributed by atoms with Crippen molar-refractivity contribution in [3.8, 4) is 56.4 Å². The van der Waals surface area contributed by atoms with Crippen LogP contribution in [0.25, 0.3) is 78.0 Å². The minimum Gasteiger partial charge on any atom is -0.208 e. The maximum Gasteiger partial charge on any atom is 0.164 e. The molecular formula is C48H29N3. The molecule has 2 aliphatic rings. The van der Waals surface area contributed by atoms with E-state index in [4.69, 9.17) is 15.0 Å². The zero-order valence-corrected chi connectivity index (χ0v) is 27.6. The lowest BCUT2D eigenvalue weighted by Gasteiger charge is -2.31. The maximum atomic E-state index is 5.10. The summed E-state index contributed by atoms with van der Waals surface area (Å²) in [6.07, 6.45) is 0. The second kappa shape index (κ2) is 10.6. The lowest BCUT2D eigenvalue weighted by molar-refractivity contribution is 0.797. The summed E-state index contributed by atoms with van der Waals surface area (Å²) in [5, 5.41) is 5.34. The molecule has 9 aromatic rings. The first-order valence-corrected chi connectivity index (χ1v) is 17.5. The molecule has 0 unspecified atom stereocenters. The summed E-state index contributed by atoms with van der Waals surface area (Å²) in [5.41, 5.74) is 12.7. The van der Waals surface area contributed by atoms with Gasteiger partial charge in [-0.2, -0.15) is 0 Å². The van der Waals surface area contributed by atoms with Crippen molar-refractivity contribution in [1.29, 1.82) is 0 Å². The Morgan fingerprint density at radius 2 is 0.784 bits per heavy atom. The molecule has 0 saturated carbocycles. The summed E-state index contributed by atoms with van der Waals surface area (Å²) in [5.74, 6) is 1.96. The number of hydrogen-bond donors (Lipinski definition) is 0. The summed E-state index contributed by atoms with van der Waals surface area (Å²) in [6.45, 7) is 0. The molecule has 3 heteroatoms. The van der Waals surface area contributed by atoms with E-state index in [9.17, 15) is 0 Å². The fraction of sp³-hybridized carbons (Fsp3) is 0.0208. The van der Waals surface area contributed by atoms with Crippen molar-refractivity contribution in [1.82, 2.24) is 15.0 Å². The van der Waals surface area contributed by atoms with Crippen molar-refractivity contribution >= 4 is 21.5 Å². The normalized spacial score (nSPS) is 13.3. The van der Waals surface area contributed by atoms with E-state index in [1.165, 1.54) is 54.9 Å². The average molecular weight is 648 g/mol. The summed E-state index contributed by atoms with van der Waals surface area (Å²) in [7, 11) is 0. The van der Waals surface area contributed by atoms with E-state index >= 15 is 0 Å². The van der Waals surface area contributed by atoms with E-state index < -0.39 is 0 Å². The number of rotatable bonds is 4. The predicted octanol–water partition coefficient (Wildman–Crippen LogP) is 11.5. The van der Waals surface area contributed by atoms with E-state index in [-0.39, 0.29) is 5.41 Å². The molecule has 1 aromatic heterocycles. The van der Waals surface area contributed by atoms with E-state index in [2.05, 4.69) is 140 Å². The van der Waals surface area contributed by atoms with Gasteiger partial charge in [0.05, 0.1) is 5.41 Å². The van der Waals surface area contributed by atoms with Gasteiger partial charge in [-0.15, -0.1) is 0 Å². The molecular weight excluding hydrogens is 619 g/mol. The van der Waals surface area contributed by atoms with Gasteiger partial charge in [-0.05, 0) is 72.1 Å². The molecule has 0 aliphatic heterocycles. The van der Waals surface area contributed by atoms with Crippen LogP contribution in [0, 0.1) is 0 Å². The van der Waals surface area contributed by atoms with Crippen LogP contribution in [0.15, 0.2) is 176 Å². The van der Waals surface area contributed by atoms with Crippen LogP contribution in [0.1, 0.15) is 22.3 Å². The van der Waals surface area contributed by atoms with Gasteiger partial charge in [0.25, 0.3) is 0 Å². The van der Waals surface area contributed by atoms with Gasteiger partial charge in [0, 0.05) is 16.7 Å². The Hall–Kier alpha value is -6.71. The van der Waals surface area contributed by atoms with E-state index in [1.807, 2.05) is 36.4 Å². The lowest BCUT2D eigenvalue weighted by Crippen LogP contribution is -2.26. The molecule has 1 spiro atoms. The van der Waals surface area contributed by atoms with Crippen LogP contribution in [0.5, 0.6) is 0 Å². The van der Waals surface area contributed by atoms with Crippen LogP contribution in [-0.2, 0) is 5.41 Å². The zero-order valence-electron chi connectivity index (χ0n) is 27.6. The molecule has 0 saturated heterocycles. The lowest BCUT2D eigenvalue weighted by atomic mass is 9.70. The maximum absolute atomic E-state index is 5.10. The van der Waals surface area contributed by atoms with Crippen molar-refractivity contribution in [3.05, 3.63) is 198 Å². The molecule has 2 aliphatic carbocycles. The van der Waals surface area contributed by atoms with Crippen LogP contribution >= 0.6 is 0 Å². The number of benzene rings is 8. The van der Waals surface area contributed by atoms with Gasteiger partial charge in [-0.3, -0.25) is 0 Å². The first-order chi connectivity index (χ1) is 25.3. The molecule has 0 fully saturated rings. The molecule has 0 radical (unpaired) electrons. The quantitative estimate of drug-likeness (QED) is 0.178. The van der Waals surface area contributed by atoms with Gasteiger partial charge in [0.1, 0.15) is 0 Å². The zero-order chi connectivity index (χ0) is 33.5. The van der Waals surface area contributed by atoms with Gasteiger partial charge in [-0.25, -0.2) is 15.0 Å². The monoisotopic (exact) mass is 647 g/mol. The van der Waals surface area contributed by atoms with Crippen molar-refractivity contribution in [2.75, 3.05) is 0 Å². The minimum absolute atomic E-state index is 0.379. The van der Waals surface area contributed by atoms with E-state index in [1.54, 1.807) is 0 Å². The average Bonchev–Trinajstić information content (AvgIpc) is 3.68. The standard InChI is InChI=1S/C48H29N3/c1-3-13-32(14-4-1)45-49-46(33-15-5-2-6-16-33)51-47(50-45)37-21-8-7-19-35(37)34-27-28-40-38(29-34)36-20-9-10-22-39(36)48(40)41-23-11-17-30-25-26-31-18-12-24-42(48)44(31)43(30)41/h1-29H. The predicted molar refractivity (Wildman–Crippen MR) is 207 cm³/mol. The highest BCUT2D eigenvalue weighted by molar-refractivity contribution is 6.17. The van der Waals surface area contributed by atoms with Crippen molar-refractivity contribution < 1.29 is 0 Å². The van der Waals surface area contributed by atoms with Gasteiger partial charge in [-0.1, -0.05) is 170 Å². The minimum atomic E-state index is -0.379. The largest absolute Gasteiger partial charge is 0.208 e. The van der Waals surface area contributed by atoms with Crippen molar-refractivity contribution in [3.63, 3.8) is 0 Å². The van der Waals surface area contributed by atoms with Gasteiger partial charge >= 0.3 is 0 Å². The Bertz CT molecular complexity index is 2740. The Morgan fingerprint density at radius 1 is 0.294 bits per heavy atom.